The molecular weight excluding hydrogens is 560 g/mol. The molecule has 1 N–H and O–H groups in total. The van der Waals surface area contributed by atoms with E-state index in [0.29, 0.717) is 12.0 Å². The van der Waals surface area contributed by atoms with E-state index in [9.17, 15) is 27.6 Å². The first-order valence-electron chi connectivity index (χ1n) is 12.2. The number of imide groups is 1. The van der Waals surface area contributed by atoms with Gasteiger partial charge in [0, 0.05) is 41.9 Å². The summed E-state index contributed by atoms with van der Waals surface area (Å²) in [7, 11) is 3.82. The average molecular weight is 587 g/mol. The Labute approximate surface area is 233 Å². The van der Waals surface area contributed by atoms with E-state index >= 15 is 0 Å². The maximum atomic E-state index is 14.0. The second kappa shape index (κ2) is 11.2. The highest BCUT2D eigenvalue weighted by Gasteiger charge is 2.62. The molecule has 2 atom stereocenters. The summed E-state index contributed by atoms with van der Waals surface area (Å²) < 4.78 is 41.7. The highest BCUT2D eigenvalue weighted by Crippen LogP contribution is 2.43. The number of nitrogens with one attached hydrogen (secondary N) is 1. The number of nitrogens with zero attached hydrogens (tertiary/aromatic N) is 3. The van der Waals surface area contributed by atoms with Crippen molar-refractivity contribution in [3.63, 3.8) is 0 Å². The quantitative estimate of drug-likeness (QED) is 0.424. The molecule has 2 saturated heterocycles. The highest BCUT2D eigenvalue weighted by molar-refractivity contribution is 6.35. The van der Waals surface area contributed by atoms with Gasteiger partial charge < -0.3 is 19.9 Å². The Morgan fingerprint density at radius 3 is 2.36 bits per heavy atom. The molecule has 2 heterocycles. The molecule has 0 aliphatic carbocycles. The molecule has 13 heteroatoms. The predicted molar refractivity (Wildman–Crippen MR) is 140 cm³/mol. The number of carbonyl (C=O) groups is 3. The van der Waals surface area contributed by atoms with Gasteiger partial charge in [-0.15, -0.1) is 13.2 Å². The van der Waals surface area contributed by atoms with E-state index in [4.69, 9.17) is 23.2 Å². The van der Waals surface area contributed by atoms with Crippen LogP contribution in [0, 0.1) is 0 Å². The van der Waals surface area contributed by atoms with E-state index in [0.717, 1.165) is 23.6 Å². The lowest BCUT2D eigenvalue weighted by Crippen LogP contribution is -2.47. The van der Waals surface area contributed by atoms with Gasteiger partial charge >= 0.3 is 12.4 Å². The summed E-state index contributed by atoms with van der Waals surface area (Å²) in [5.41, 5.74) is -0.658. The third kappa shape index (κ3) is 6.59. The van der Waals surface area contributed by atoms with Gasteiger partial charge in [0.1, 0.15) is 11.3 Å². The molecule has 2 aliphatic rings. The number of rotatable bonds is 9. The Hall–Kier alpha value is -3.02. The van der Waals surface area contributed by atoms with Crippen molar-refractivity contribution in [2.24, 2.45) is 0 Å². The van der Waals surface area contributed by atoms with Crippen molar-refractivity contribution >= 4 is 46.7 Å². The van der Waals surface area contributed by atoms with Gasteiger partial charge in [-0.25, -0.2) is 9.69 Å². The van der Waals surface area contributed by atoms with Crippen molar-refractivity contribution in [1.29, 1.82) is 0 Å². The fourth-order valence-corrected chi connectivity index (χ4v) is 5.61. The molecule has 210 valence electrons. The third-order valence-electron chi connectivity index (χ3n) is 6.66. The molecule has 4 amide bonds. The van der Waals surface area contributed by atoms with Crippen LogP contribution in [-0.4, -0.2) is 72.8 Å². The minimum Gasteiger partial charge on any atom is -0.406 e. The zero-order valence-electron chi connectivity index (χ0n) is 21.2. The molecule has 2 fully saturated rings. The van der Waals surface area contributed by atoms with Gasteiger partial charge in [0.15, 0.2) is 0 Å². The molecule has 0 bridgehead atoms. The first-order chi connectivity index (χ1) is 18.3. The molecule has 2 aromatic rings. The van der Waals surface area contributed by atoms with Gasteiger partial charge in [0.25, 0.3) is 5.91 Å². The van der Waals surface area contributed by atoms with Crippen molar-refractivity contribution in [2.45, 2.75) is 43.6 Å². The third-order valence-corrected chi connectivity index (χ3v) is 7.10. The molecule has 2 aromatic carbocycles. The van der Waals surface area contributed by atoms with Crippen molar-refractivity contribution < 1.29 is 32.3 Å². The van der Waals surface area contributed by atoms with Crippen LogP contribution < -0.4 is 15.0 Å². The van der Waals surface area contributed by atoms with Crippen molar-refractivity contribution in [2.75, 3.05) is 32.1 Å². The minimum atomic E-state index is -4.84. The molecule has 8 nitrogen and oxygen atoms in total. The number of benzene rings is 2. The van der Waals surface area contributed by atoms with Crippen LogP contribution in [0.1, 0.15) is 24.8 Å². The standard InChI is InChI=1S/C26H27Cl2F3N4O4/c1-33(2)9-3-4-22(36)32-19-14-25(13-16-5-7-21(8-6-16)39-26(29,30)31)23(37)35(24(38)34(25)15-19)20-11-17(27)10-18(28)12-20/h5-8,10-12,19H,3-4,9,13-15H2,1-2H3,(H,32,36)/t19-,25+/m0/s1. The number of alkyl halides is 3. The summed E-state index contributed by atoms with van der Waals surface area (Å²) in [5, 5.41) is 3.41. The molecule has 0 saturated carbocycles. The van der Waals surface area contributed by atoms with E-state index in [-0.39, 0.29) is 47.4 Å². The number of anilines is 1. The number of halogens is 5. The van der Waals surface area contributed by atoms with Gasteiger partial charge in [0.2, 0.25) is 5.91 Å². The van der Waals surface area contributed by atoms with Crippen LogP contribution >= 0.6 is 23.2 Å². The van der Waals surface area contributed by atoms with Crippen LogP contribution in [0.5, 0.6) is 5.75 Å². The SMILES string of the molecule is CN(C)CCCC(=O)N[C@@H]1CN2C(=O)N(c3cc(Cl)cc(Cl)c3)C(=O)[C@@]2(Cc2ccc(OC(F)(F)F)cc2)C1. The number of ether oxygens (including phenoxy) is 1. The fourth-order valence-electron chi connectivity index (χ4n) is 5.10. The first-order valence-corrected chi connectivity index (χ1v) is 12.9. The number of urea groups is 1. The molecule has 0 spiro atoms. The summed E-state index contributed by atoms with van der Waals surface area (Å²) >= 11 is 12.2. The summed E-state index contributed by atoms with van der Waals surface area (Å²) in [6.45, 7) is 0.820. The number of carbonyl (C=O) groups excluding carboxylic acids is 3. The van der Waals surface area contributed by atoms with Crippen LogP contribution in [-0.2, 0) is 16.0 Å². The molecule has 39 heavy (non-hydrogen) atoms. The van der Waals surface area contributed by atoms with Crippen LogP contribution in [0.2, 0.25) is 10.0 Å². The molecular formula is C26H27Cl2F3N4O4. The molecule has 0 unspecified atom stereocenters. The summed E-state index contributed by atoms with van der Waals surface area (Å²) in [6, 6.07) is 8.43. The van der Waals surface area contributed by atoms with E-state index in [2.05, 4.69) is 10.1 Å². The second-order valence-electron chi connectivity index (χ2n) is 9.94. The van der Waals surface area contributed by atoms with E-state index < -0.39 is 35.6 Å². The zero-order valence-corrected chi connectivity index (χ0v) is 22.7. The van der Waals surface area contributed by atoms with Crippen molar-refractivity contribution in [3.05, 3.63) is 58.1 Å². The predicted octanol–water partition coefficient (Wildman–Crippen LogP) is 4.87. The van der Waals surface area contributed by atoms with Crippen LogP contribution in [0.3, 0.4) is 0 Å². The Balaban J connectivity index is 1.61. The Bertz CT molecular complexity index is 1240. The molecule has 2 aliphatic heterocycles. The zero-order chi connectivity index (χ0) is 28.5. The summed E-state index contributed by atoms with van der Waals surface area (Å²) in [5.74, 6) is -1.13. The van der Waals surface area contributed by atoms with Crippen LogP contribution in [0.4, 0.5) is 23.7 Å². The van der Waals surface area contributed by atoms with Crippen molar-refractivity contribution in [1.82, 2.24) is 15.1 Å². The monoisotopic (exact) mass is 586 g/mol. The second-order valence-corrected chi connectivity index (χ2v) is 10.8. The van der Waals surface area contributed by atoms with Gasteiger partial charge in [0.05, 0.1) is 5.69 Å². The molecule has 0 radical (unpaired) electrons. The maximum Gasteiger partial charge on any atom is 0.573 e. The minimum absolute atomic E-state index is 0.0155. The normalized spacial score (nSPS) is 21.1. The topological polar surface area (TPSA) is 82.2 Å². The average Bonchev–Trinajstić information content (AvgIpc) is 3.25. The fraction of sp³-hybridized carbons (Fsp3) is 0.423. The van der Waals surface area contributed by atoms with Gasteiger partial charge in [-0.05, 0) is 63.0 Å². The number of fused-ring (bicyclic) bond motifs is 1. The van der Waals surface area contributed by atoms with Gasteiger partial charge in [-0.2, -0.15) is 0 Å². The Morgan fingerprint density at radius 2 is 1.77 bits per heavy atom. The Kier molecular flexibility index (Phi) is 8.34. The first kappa shape index (κ1) is 29.0. The van der Waals surface area contributed by atoms with Gasteiger partial charge in [-0.3, -0.25) is 9.59 Å². The number of hydrogen-bond donors (Lipinski definition) is 1. The van der Waals surface area contributed by atoms with Crippen molar-refractivity contribution in [3.8, 4) is 5.75 Å². The maximum absolute atomic E-state index is 14.0. The molecule has 0 aromatic heterocycles. The van der Waals surface area contributed by atoms with Crippen LogP contribution in [0.25, 0.3) is 0 Å². The number of hydrogen-bond acceptors (Lipinski definition) is 5. The van der Waals surface area contributed by atoms with Crippen LogP contribution in [0.15, 0.2) is 42.5 Å². The van der Waals surface area contributed by atoms with Gasteiger partial charge in [-0.1, -0.05) is 35.3 Å². The highest BCUT2D eigenvalue weighted by atomic mass is 35.5. The smallest absolute Gasteiger partial charge is 0.406 e. The summed E-state index contributed by atoms with van der Waals surface area (Å²) in [6.07, 6.45) is -3.76. The molecule has 4 rings (SSSR count). The lowest BCUT2D eigenvalue weighted by molar-refractivity contribution is -0.274. The van der Waals surface area contributed by atoms with E-state index in [1.54, 1.807) is 0 Å². The Morgan fingerprint density at radius 1 is 1.13 bits per heavy atom. The van der Waals surface area contributed by atoms with E-state index in [1.165, 1.54) is 35.2 Å². The number of amides is 4. The van der Waals surface area contributed by atoms with E-state index in [1.807, 2.05) is 19.0 Å². The lowest BCUT2D eigenvalue weighted by Gasteiger charge is -2.28. The lowest BCUT2D eigenvalue weighted by atomic mass is 9.87. The summed E-state index contributed by atoms with van der Waals surface area (Å²) in [4.78, 5) is 44.5. The largest absolute Gasteiger partial charge is 0.573 e.